The van der Waals surface area contributed by atoms with Gasteiger partial charge in [-0.15, -0.1) is 0 Å². The van der Waals surface area contributed by atoms with Crippen LogP contribution in [0.25, 0.3) is 111 Å². The van der Waals surface area contributed by atoms with E-state index in [2.05, 4.69) is 162 Å². The molecule has 20 bridgehead atoms. The lowest BCUT2D eigenvalue weighted by Gasteiger charge is -2.28. The van der Waals surface area contributed by atoms with Crippen LogP contribution < -0.4 is 9.47 Å². The summed E-state index contributed by atoms with van der Waals surface area (Å²) in [5.74, 6) is 1.93. The highest BCUT2D eigenvalue weighted by Crippen LogP contribution is 2.56. The summed E-state index contributed by atoms with van der Waals surface area (Å²) in [7, 11) is 3.62. The molecular weight excluding hydrogens is 953 g/mol. The van der Waals surface area contributed by atoms with Crippen molar-refractivity contribution in [3.05, 3.63) is 164 Å². The zero-order chi connectivity index (χ0) is 53.7. The molecule has 8 aromatic rings. The van der Waals surface area contributed by atoms with Crippen molar-refractivity contribution in [3.8, 4) is 78.3 Å². The fourth-order valence-electron chi connectivity index (χ4n) is 14.3. The van der Waals surface area contributed by atoms with Gasteiger partial charge in [0.1, 0.15) is 11.5 Å². The zero-order valence-corrected chi connectivity index (χ0v) is 47.4. The van der Waals surface area contributed by atoms with Crippen molar-refractivity contribution in [1.82, 2.24) is 19.9 Å². The first-order valence-electron chi connectivity index (χ1n) is 29.0. The quantitative estimate of drug-likeness (QED) is 0.174. The van der Waals surface area contributed by atoms with Crippen LogP contribution in [0, 0.1) is 13.8 Å². The molecule has 21 rings (SSSR count). The number of allylic oxidation sites excluding steroid dienone is 4. The first kappa shape index (κ1) is 49.8. The van der Waals surface area contributed by atoms with Crippen molar-refractivity contribution in [2.24, 2.45) is 0 Å². The van der Waals surface area contributed by atoms with Crippen LogP contribution in [0.5, 0.6) is 11.5 Å². The molecule has 0 spiro atoms. The SMILES string of the molecule is CCC1=C(C)c2nc1cc1[nH]c(c(C)c1CC)c1c3nc(cc4[nH]c(c(C)c4CC)c2-c2cccc4c2-c2ccc(cc2-4)CCCCc2cc(OC)c(cc2OC)CCCCc2ccc4c(c2)-c2c-4cccc2-1)C(CC)=C3C. The molecule has 0 unspecified atom stereocenters. The number of aromatic amines is 2. The van der Waals surface area contributed by atoms with Gasteiger partial charge in [0.05, 0.1) is 48.0 Å². The Hall–Kier alpha value is -7.70. The topological polar surface area (TPSA) is 75.8 Å². The molecule has 3 aromatic heterocycles. The number of benzene rings is 5. The van der Waals surface area contributed by atoms with E-state index in [1.807, 2.05) is 14.2 Å². The smallest absolute Gasteiger partial charge is 0.122 e. The monoisotopic (exact) mass is 1020 g/mol. The third-order valence-electron chi connectivity index (χ3n) is 18.4. The van der Waals surface area contributed by atoms with Crippen LogP contribution in [0.3, 0.4) is 0 Å². The molecule has 0 atom stereocenters. The Kier molecular flexibility index (Phi) is 12.6. The van der Waals surface area contributed by atoms with Gasteiger partial charge in [-0.3, -0.25) is 0 Å². The lowest BCUT2D eigenvalue weighted by atomic mass is 9.75. The van der Waals surface area contributed by atoms with E-state index in [1.165, 1.54) is 134 Å². The minimum atomic E-state index is 0.868. The van der Waals surface area contributed by atoms with Gasteiger partial charge in [0.25, 0.3) is 0 Å². The largest absolute Gasteiger partial charge is 0.496 e. The van der Waals surface area contributed by atoms with Crippen LogP contribution in [0.2, 0.25) is 0 Å². The summed E-state index contributed by atoms with van der Waals surface area (Å²) >= 11 is 0. The molecule has 6 heteroatoms. The van der Waals surface area contributed by atoms with Crippen molar-refractivity contribution >= 4 is 44.4 Å². The average molecular weight is 1030 g/mol. The minimum absolute atomic E-state index is 0.868. The molecule has 0 fully saturated rings. The molecule has 6 nitrogen and oxygen atoms in total. The van der Waals surface area contributed by atoms with Crippen LogP contribution in [0.1, 0.15) is 147 Å². The third-order valence-corrected chi connectivity index (χ3v) is 18.4. The second kappa shape index (κ2) is 19.6. The number of nitrogens with zero attached hydrogens (tertiary/aromatic N) is 2. The summed E-state index contributed by atoms with van der Waals surface area (Å²) in [4.78, 5) is 20.0. The fourth-order valence-corrected chi connectivity index (χ4v) is 14.3. The maximum atomic E-state index is 6.07. The van der Waals surface area contributed by atoms with E-state index in [0.29, 0.717) is 0 Å². The Labute approximate surface area is 460 Å². The van der Waals surface area contributed by atoms with Crippen LogP contribution in [-0.4, -0.2) is 34.2 Å². The Morgan fingerprint density at radius 2 is 0.859 bits per heavy atom. The molecule has 2 aliphatic carbocycles. The maximum Gasteiger partial charge on any atom is 0.122 e. The normalized spacial score (nSPS) is 14.5. The predicted octanol–water partition coefficient (Wildman–Crippen LogP) is 18.8. The number of hydrogen-bond donors (Lipinski definition) is 2. The second-order valence-electron chi connectivity index (χ2n) is 22.5. The summed E-state index contributed by atoms with van der Waals surface area (Å²) < 4.78 is 12.1. The van der Waals surface area contributed by atoms with E-state index in [0.717, 1.165) is 133 Å². The summed E-state index contributed by atoms with van der Waals surface area (Å²) in [5, 5.41) is 0. The van der Waals surface area contributed by atoms with Gasteiger partial charge in [-0.1, -0.05) is 100 Å². The van der Waals surface area contributed by atoms with Crippen molar-refractivity contribution in [2.75, 3.05) is 14.2 Å². The van der Waals surface area contributed by atoms with Crippen molar-refractivity contribution < 1.29 is 9.47 Å². The first-order valence-corrected chi connectivity index (χ1v) is 29.0. The molecule has 0 radical (unpaired) electrons. The van der Waals surface area contributed by atoms with Crippen LogP contribution >= 0.6 is 0 Å². The molecule has 0 saturated carbocycles. The lowest BCUT2D eigenvalue weighted by Crippen LogP contribution is -2.04. The Balaban J connectivity index is 1.10. The first-order chi connectivity index (χ1) is 38.1. The number of hydrogen-bond acceptors (Lipinski definition) is 4. The molecule has 392 valence electrons. The van der Waals surface area contributed by atoms with E-state index in [4.69, 9.17) is 19.4 Å². The number of aromatic nitrogens is 4. The molecular formula is C72H72N4O2. The lowest BCUT2D eigenvalue weighted by molar-refractivity contribution is 0.393. The van der Waals surface area contributed by atoms with Gasteiger partial charge in [0.2, 0.25) is 0 Å². The Bertz CT molecular complexity index is 4100. The van der Waals surface area contributed by atoms with Crippen molar-refractivity contribution in [3.63, 3.8) is 0 Å². The molecule has 78 heavy (non-hydrogen) atoms. The van der Waals surface area contributed by atoms with Gasteiger partial charge < -0.3 is 19.4 Å². The predicted molar refractivity (Wildman–Crippen MR) is 327 cm³/mol. The fraction of sp³-hybridized carbons (Fsp3) is 0.306. The van der Waals surface area contributed by atoms with E-state index in [-0.39, 0.29) is 0 Å². The minimum Gasteiger partial charge on any atom is -0.496 e. The maximum absolute atomic E-state index is 6.07. The number of H-pyrrole nitrogens is 2. The van der Waals surface area contributed by atoms with Crippen molar-refractivity contribution in [2.45, 2.75) is 132 Å². The van der Waals surface area contributed by atoms with Gasteiger partial charge in [0.15, 0.2) is 0 Å². The number of nitrogens with one attached hydrogen (secondary N) is 2. The van der Waals surface area contributed by atoms with Gasteiger partial charge in [0, 0.05) is 22.2 Å². The molecule has 0 saturated heterocycles. The summed E-state index contributed by atoms with van der Waals surface area (Å²) in [5.41, 5.74) is 39.4. The van der Waals surface area contributed by atoms with Crippen molar-refractivity contribution in [1.29, 1.82) is 0 Å². The molecule has 0 amide bonds. The highest BCUT2D eigenvalue weighted by molar-refractivity contribution is 6.14. The number of ether oxygens (including phenoxy) is 2. The van der Waals surface area contributed by atoms with E-state index >= 15 is 0 Å². The van der Waals surface area contributed by atoms with Crippen LogP contribution in [0.15, 0.2) is 97.1 Å². The number of methoxy groups -OCH3 is 2. The second-order valence-corrected chi connectivity index (χ2v) is 22.5. The highest BCUT2D eigenvalue weighted by Gasteiger charge is 2.33. The number of aryl methyl sites for hydroxylation is 8. The third kappa shape index (κ3) is 7.71. The van der Waals surface area contributed by atoms with Gasteiger partial charge in [-0.25, -0.2) is 9.97 Å². The number of rotatable bonds is 6. The highest BCUT2D eigenvalue weighted by atomic mass is 16.5. The van der Waals surface area contributed by atoms with E-state index in [1.54, 1.807) is 0 Å². The summed E-state index contributed by atoms with van der Waals surface area (Å²) in [6.07, 6.45) is 11.7. The number of fused-ring (bicyclic) bond motifs is 1. The average Bonchev–Trinajstić information content (AvgIpc) is 4.28. The van der Waals surface area contributed by atoms with Crippen LogP contribution in [0.4, 0.5) is 0 Å². The Morgan fingerprint density at radius 3 is 1.33 bits per heavy atom. The van der Waals surface area contributed by atoms with Gasteiger partial charge in [-0.2, -0.15) is 0 Å². The molecule has 13 aliphatic rings. The van der Waals surface area contributed by atoms with Gasteiger partial charge >= 0.3 is 0 Å². The molecule has 11 aliphatic heterocycles. The molecule has 5 aromatic carbocycles. The summed E-state index contributed by atoms with van der Waals surface area (Å²) in [6, 6.07) is 37.5. The Morgan fingerprint density at radius 1 is 0.423 bits per heavy atom. The molecule has 14 heterocycles. The molecule has 2 N–H and O–H groups in total. The standard InChI is InChI=1S/C72H72N4O2/c1-11-47-39(5)69-67-55-27-20-26-53-57-33-43(30-32-54(57)65(53)55)21-15-17-23-45-35-64(78-10)46(36-63(45)77-9)24-18-16-22-44-29-31-51-52-25-19-28-56(66(52)58(51)34-44)68(71-41(7)49(13-3)61(75-71)37-59(47)73-69)72-42(8)50(14-4)62(76-72)38-60-48(12-2)40(6)70(67)74-60/h19-20,25-38,73,76H,11-18,21-24H2,1-10H3. The van der Waals surface area contributed by atoms with Crippen LogP contribution in [-0.2, 0) is 38.5 Å². The summed E-state index contributed by atoms with van der Waals surface area (Å²) in [6.45, 7) is 18.4. The van der Waals surface area contributed by atoms with E-state index in [9.17, 15) is 0 Å². The van der Waals surface area contributed by atoms with E-state index < -0.39 is 0 Å². The van der Waals surface area contributed by atoms with Gasteiger partial charge in [-0.05, 0) is 251 Å². The zero-order valence-electron chi connectivity index (χ0n) is 47.4.